The topological polar surface area (TPSA) is 68.1 Å². The molecule has 0 amide bonds. The number of esters is 1. The fourth-order valence-electron chi connectivity index (χ4n) is 1.18. The zero-order valence-corrected chi connectivity index (χ0v) is 7.89. The first-order valence-electron chi connectivity index (χ1n) is 4.33. The summed E-state index contributed by atoms with van der Waals surface area (Å²) in [7, 11) is 0. The van der Waals surface area contributed by atoms with Crippen LogP contribution in [0.3, 0.4) is 0 Å². The largest absolute Gasteiger partial charge is 0.461 e. The third-order valence-electron chi connectivity index (χ3n) is 1.78. The Kier molecular flexibility index (Phi) is 2.95. The SMILES string of the molecule is CCOC(=O)c1[nH]c(N)cc1CC. The molecule has 0 spiro atoms. The molecule has 1 rings (SSSR count). The Morgan fingerprint density at radius 3 is 2.85 bits per heavy atom. The van der Waals surface area contributed by atoms with Gasteiger partial charge in [-0.3, -0.25) is 0 Å². The fourth-order valence-corrected chi connectivity index (χ4v) is 1.18. The first-order chi connectivity index (χ1) is 6.19. The van der Waals surface area contributed by atoms with Gasteiger partial charge in [-0.2, -0.15) is 0 Å². The van der Waals surface area contributed by atoms with Crippen molar-refractivity contribution in [2.24, 2.45) is 0 Å². The van der Waals surface area contributed by atoms with Crippen molar-refractivity contribution in [1.82, 2.24) is 4.98 Å². The van der Waals surface area contributed by atoms with Gasteiger partial charge in [0.05, 0.1) is 6.61 Å². The molecular weight excluding hydrogens is 168 g/mol. The second-order valence-corrected chi connectivity index (χ2v) is 2.70. The van der Waals surface area contributed by atoms with Crippen LogP contribution in [0.4, 0.5) is 5.82 Å². The van der Waals surface area contributed by atoms with Gasteiger partial charge in [-0.05, 0) is 25.0 Å². The second-order valence-electron chi connectivity index (χ2n) is 2.70. The lowest BCUT2D eigenvalue weighted by molar-refractivity contribution is 0.0519. The predicted octanol–water partition coefficient (Wildman–Crippen LogP) is 1.34. The normalized spacial score (nSPS) is 10.0. The number of anilines is 1. The molecule has 0 unspecified atom stereocenters. The number of aromatic nitrogens is 1. The highest BCUT2D eigenvalue weighted by atomic mass is 16.5. The summed E-state index contributed by atoms with van der Waals surface area (Å²) in [5.74, 6) is 0.163. The highest BCUT2D eigenvalue weighted by molar-refractivity contribution is 5.90. The van der Waals surface area contributed by atoms with Crippen molar-refractivity contribution in [2.45, 2.75) is 20.3 Å². The number of H-pyrrole nitrogens is 1. The molecule has 0 radical (unpaired) electrons. The molecule has 0 fully saturated rings. The lowest BCUT2D eigenvalue weighted by Gasteiger charge is -2.00. The van der Waals surface area contributed by atoms with E-state index in [1.54, 1.807) is 13.0 Å². The number of carbonyl (C=O) groups excluding carboxylic acids is 1. The Morgan fingerprint density at radius 1 is 1.62 bits per heavy atom. The molecule has 0 aliphatic heterocycles. The standard InChI is InChI=1S/C9H14N2O2/c1-3-6-5-7(10)11-8(6)9(12)13-4-2/h5,11H,3-4,10H2,1-2H3. The van der Waals surface area contributed by atoms with E-state index in [1.807, 2.05) is 6.92 Å². The fraction of sp³-hybridized carbons (Fsp3) is 0.444. The minimum Gasteiger partial charge on any atom is -0.461 e. The minimum absolute atomic E-state index is 0.337. The van der Waals surface area contributed by atoms with Gasteiger partial charge in [0.1, 0.15) is 11.5 Å². The summed E-state index contributed by atoms with van der Waals surface area (Å²) in [6.07, 6.45) is 0.766. The predicted molar refractivity (Wildman–Crippen MR) is 50.5 cm³/mol. The molecule has 1 aromatic heterocycles. The van der Waals surface area contributed by atoms with Crippen molar-refractivity contribution in [3.05, 3.63) is 17.3 Å². The van der Waals surface area contributed by atoms with E-state index in [9.17, 15) is 4.79 Å². The smallest absolute Gasteiger partial charge is 0.355 e. The Labute approximate surface area is 77.1 Å². The number of rotatable bonds is 3. The van der Waals surface area contributed by atoms with Crippen LogP contribution >= 0.6 is 0 Å². The van der Waals surface area contributed by atoms with Crippen molar-refractivity contribution in [1.29, 1.82) is 0 Å². The van der Waals surface area contributed by atoms with Crippen molar-refractivity contribution in [2.75, 3.05) is 12.3 Å². The molecule has 13 heavy (non-hydrogen) atoms. The number of aromatic amines is 1. The molecule has 0 aliphatic rings. The van der Waals surface area contributed by atoms with Gasteiger partial charge in [-0.15, -0.1) is 0 Å². The molecule has 1 heterocycles. The summed E-state index contributed by atoms with van der Waals surface area (Å²) in [5, 5.41) is 0. The van der Waals surface area contributed by atoms with Gasteiger partial charge in [0, 0.05) is 0 Å². The molecule has 72 valence electrons. The van der Waals surface area contributed by atoms with E-state index in [0.717, 1.165) is 12.0 Å². The molecule has 0 bridgehead atoms. The second kappa shape index (κ2) is 3.98. The average Bonchev–Trinajstić information content (AvgIpc) is 2.47. The first-order valence-corrected chi connectivity index (χ1v) is 4.33. The van der Waals surface area contributed by atoms with Crippen LogP contribution < -0.4 is 5.73 Å². The van der Waals surface area contributed by atoms with E-state index < -0.39 is 0 Å². The molecule has 4 heteroatoms. The van der Waals surface area contributed by atoms with E-state index in [1.165, 1.54) is 0 Å². The first kappa shape index (κ1) is 9.64. The molecule has 3 N–H and O–H groups in total. The number of nitrogen functional groups attached to an aromatic ring is 1. The van der Waals surface area contributed by atoms with Crippen molar-refractivity contribution in [3.8, 4) is 0 Å². The zero-order chi connectivity index (χ0) is 9.84. The summed E-state index contributed by atoms with van der Waals surface area (Å²) in [6, 6.07) is 1.76. The van der Waals surface area contributed by atoms with E-state index >= 15 is 0 Å². The Balaban J connectivity index is 2.91. The molecular formula is C9H14N2O2. The molecule has 0 saturated carbocycles. The average molecular weight is 182 g/mol. The number of carbonyl (C=O) groups is 1. The number of ether oxygens (including phenoxy) is 1. The van der Waals surface area contributed by atoms with Crippen LogP contribution in [-0.4, -0.2) is 17.6 Å². The van der Waals surface area contributed by atoms with Gasteiger partial charge in [0.15, 0.2) is 0 Å². The van der Waals surface area contributed by atoms with Gasteiger partial charge >= 0.3 is 5.97 Å². The molecule has 0 atom stereocenters. The minimum atomic E-state index is -0.337. The van der Waals surface area contributed by atoms with Crippen LogP contribution in [0.5, 0.6) is 0 Å². The van der Waals surface area contributed by atoms with Gasteiger partial charge < -0.3 is 15.5 Å². The summed E-state index contributed by atoms with van der Waals surface area (Å²) >= 11 is 0. The van der Waals surface area contributed by atoms with Gasteiger partial charge in [0.2, 0.25) is 0 Å². The zero-order valence-electron chi connectivity index (χ0n) is 7.89. The maximum Gasteiger partial charge on any atom is 0.355 e. The van der Waals surface area contributed by atoms with E-state index in [0.29, 0.717) is 18.1 Å². The number of hydrogen-bond acceptors (Lipinski definition) is 3. The highest BCUT2D eigenvalue weighted by Gasteiger charge is 2.13. The highest BCUT2D eigenvalue weighted by Crippen LogP contribution is 2.14. The van der Waals surface area contributed by atoms with Gasteiger partial charge in [-0.1, -0.05) is 6.92 Å². The van der Waals surface area contributed by atoms with Crippen molar-refractivity contribution >= 4 is 11.8 Å². The number of hydrogen-bond donors (Lipinski definition) is 2. The summed E-state index contributed by atoms with van der Waals surface area (Å²) in [5.41, 5.74) is 6.90. The third-order valence-corrected chi connectivity index (χ3v) is 1.78. The van der Waals surface area contributed by atoms with Gasteiger partial charge in [-0.25, -0.2) is 4.79 Å². The molecule has 0 aromatic carbocycles. The summed E-state index contributed by atoms with van der Waals surface area (Å²) < 4.78 is 4.86. The molecule has 0 saturated heterocycles. The Morgan fingerprint density at radius 2 is 2.31 bits per heavy atom. The number of nitrogens with one attached hydrogen (secondary N) is 1. The summed E-state index contributed by atoms with van der Waals surface area (Å²) in [4.78, 5) is 14.1. The number of aryl methyl sites for hydroxylation is 1. The Bertz CT molecular complexity index is 305. The molecule has 0 aliphatic carbocycles. The van der Waals surface area contributed by atoms with Crippen LogP contribution in [0.2, 0.25) is 0 Å². The quantitative estimate of drug-likeness (QED) is 0.693. The van der Waals surface area contributed by atoms with E-state index in [4.69, 9.17) is 10.5 Å². The van der Waals surface area contributed by atoms with Crippen LogP contribution in [0.15, 0.2) is 6.07 Å². The van der Waals surface area contributed by atoms with Crippen LogP contribution in [0, 0.1) is 0 Å². The van der Waals surface area contributed by atoms with Crippen LogP contribution in [0.1, 0.15) is 29.9 Å². The molecule has 4 nitrogen and oxygen atoms in total. The van der Waals surface area contributed by atoms with Crippen molar-refractivity contribution in [3.63, 3.8) is 0 Å². The van der Waals surface area contributed by atoms with Crippen molar-refractivity contribution < 1.29 is 9.53 Å². The van der Waals surface area contributed by atoms with Gasteiger partial charge in [0.25, 0.3) is 0 Å². The molecule has 1 aromatic rings. The lowest BCUT2D eigenvalue weighted by atomic mass is 10.2. The third kappa shape index (κ3) is 2.02. The monoisotopic (exact) mass is 182 g/mol. The van der Waals surface area contributed by atoms with E-state index in [-0.39, 0.29) is 5.97 Å². The summed E-state index contributed by atoms with van der Waals surface area (Å²) in [6.45, 7) is 4.11. The van der Waals surface area contributed by atoms with E-state index in [2.05, 4.69) is 4.98 Å². The van der Waals surface area contributed by atoms with Crippen LogP contribution in [-0.2, 0) is 11.2 Å². The number of nitrogens with two attached hydrogens (primary N) is 1. The maximum atomic E-state index is 11.3. The maximum absolute atomic E-state index is 11.3. The Hall–Kier alpha value is -1.45. The lowest BCUT2D eigenvalue weighted by Crippen LogP contribution is -2.07. The van der Waals surface area contributed by atoms with Crippen LogP contribution in [0.25, 0.3) is 0 Å².